The second-order valence-electron chi connectivity index (χ2n) is 4.45. The highest BCUT2D eigenvalue weighted by atomic mass is 32.2. The largest absolute Gasteiger partial charge is 0.338 e. The van der Waals surface area contributed by atoms with Crippen molar-refractivity contribution in [3.63, 3.8) is 0 Å². The molecule has 0 fully saturated rings. The lowest BCUT2D eigenvalue weighted by Crippen LogP contribution is -2.46. The molecule has 0 aliphatic rings. The molecule has 0 spiro atoms. The highest BCUT2D eigenvalue weighted by Crippen LogP contribution is 2.19. The molecular formula is C12H24N2O3S. The standard InChI is InChI=1S/C12H24N2O3S/c1-5-10(6-2)7-8(3)11(13)12(15)14-9(4)18(16)17/h9-11H,3,5-7,13H2,1-2,4H3,(H,14,15)(H,16,17)/t9-,11+/m1/s1. The van der Waals surface area contributed by atoms with E-state index in [-0.39, 0.29) is 0 Å². The van der Waals surface area contributed by atoms with Gasteiger partial charge >= 0.3 is 0 Å². The second-order valence-corrected chi connectivity index (χ2v) is 5.71. The lowest BCUT2D eigenvalue weighted by atomic mass is 9.92. The molecule has 1 unspecified atom stereocenters. The van der Waals surface area contributed by atoms with E-state index in [2.05, 4.69) is 25.7 Å². The lowest BCUT2D eigenvalue weighted by Gasteiger charge is -2.20. The van der Waals surface area contributed by atoms with Crippen molar-refractivity contribution in [3.8, 4) is 0 Å². The van der Waals surface area contributed by atoms with Crippen LogP contribution in [-0.4, -0.2) is 26.1 Å². The van der Waals surface area contributed by atoms with E-state index in [4.69, 9.17) is 10.3 Å². The smallest absolute Gasteiger partial charge is 0.242 e. The van der Waals surface area contributed by atoms with Crippen LogP contribution in [0.4, 0.5) is 0 Å². The predicted octanol–water partition coefficient (Wildman–Crippen LogP) is 1.38. The summed E-state index contributed by atoms with van der Waals surface area (Å²) in [6.45, 7) is 9.46. The van der Waals surface area contributed by atoms with Crippen LogP contribution >= 0.6 is 0 Å². The zero-order valence-electron chi connectivity index (χ0n) is 11.3. The summed E-state index contributed by atoms with van der Waals surface area (Å²) in [7, 11) is 0. The average molecular weight is 276 g/mol. The lowest BCUT2D eigenvalue weighted by molar-refractivity contribution is -0.121. The highest BCUT2D eigenvalue weighted by Gasteiger charge is 2.21. The molecule has 0 rings (SSSR count). The van der Waals surface area contributed by atoms with Gasteiger partial charge in [-0.25, -0.2) is 4.21 Å². The van der Waals surface area contributed by atoms with E-state index in [0.29, 0.717) is 17.9 Å². The summed E-state index contributed by atoms with van der Waals surface area (Å²) in [6.07, 6.45) is 2.74. The maximum absolute atomic E-state index is 11.7. The number of carbonyl (C=O) groups excluding carboxylic acids is 1. The Kier molecular flexibility index (Phi) is 8.06. The summed E-state index contributed by atoms with van der Waals surface area (Å²) in [5.41, 5.74) is 6.44. The molecule has 0 aromatic rings. The SMILES string of the molecule is C=C(CC(CC)CC)[C@H](N)C(=O)N[C@@H](C)S(=O)O. The van der Waals surface area contributed by atoms with Crippen molar-refractivity contribution in [1.29, 1.82) is 0 Å². The maximum Gasteiger partial charge on any atom is 0.242 e. The van der Waals surface area contributed by atoms with Crippen LogP contribution in [0.15, 0.2) is 12.2 Å². The molecule has 106 valence electrons. The average Bonchev–Trinajstić information content (AvgIpc) is 2.34. The van der Waals surface area contributed by atoms with Crippen molar-refractivity contribution in [2.24, 2.45) is 11.7 Å². The van der Waals surface area contributed by atoms with Gasteiger partial charge in [0.25, 0.3) is 0 Å². The van der Waals surface area contributed by atoms with Gasteiger partial charge in [0.15, 0.2) is 11.1 Å². The molecule has 5 nitrogen and oxygen atoms in total. The molecule has 0 aromatic heterocycles. The Bertz CT molecular complexity index is 316. The first-order valence-electron chi connectivity index (χ1n) is 6.16. The minimum atomic E-state index is -2.09. The number of hydrogen-bond acceptors (Lipinski definition) is 3. The first kappa shape index (κ1) is 17.3. The van der Waals surface area contributed by atoms with Crippen molar-refractivity contribution in [2.75, 3.05) is 0 Å². The van der Waals surface area contributed by atoms with E-state index >= 15 is 0 Å². The van der Waals surface area contributed by atoms with Gasteiger partial charge in [-0.3, -0.25) is 4.79 Å². The first-order chi connectivity index (χ1) is 8.33. The van der Waals surface area contributed by atoms with Crippen LogP contribution in [0.3, 0.4) is 0 Å². The number of carbonyl (C=O) groups is 1. The van der Waals surface area contributed by atoms with Crippen molar-refractivity contribution < 1.29 is 13.6 Å². The minimum absolute atomic E-state index is 0.458. The third kappa shape index (κ3) is 5.75. The minimum Gasteiger partial charge on any atom is -0.338 e. The fourth-order valence-electron chi connectivity index (χ4n) is 1.60. The Hall–Kier alpha value is -0.720. The molecule has 18 heavy (non-hydrogen) atoms. The number of nitrogens with two attached hydrogens (primary N) is 1. The fourth-order valence-corrected chi connectivity index (χ4v) is 1.82. The van der Waals surface area contributed by atoms with Crippen molar-refractivity contribution in [1.82, 2.24) is 5.32 Å². The predicted molar refractivity (Wildman–Crippen MR) is 74.2 cm³/mol. The van der Waals surface area contributed by atoms with Crippen LogP contribution in [0.5, 0.6) is 0 Å². The van der Waals surface area contributed by atoms with Gasteiger partial charge in [-0.1, -0.05) is 38.8 Å². The maximum atomic E-state index is 11.7. The Morgan fingerprint density at radius 3 is 2.33 bits per heavy atom. The summed E-state index contributed by atoms with van der Waals surface area (Å²) in [4.78, 5) is 11.7. The molecule has 6 heteroatoms. The normalized spacial score (nSPS) is 16.1. The molecule has 0 saturated carbocycles. The van der Waals surface area contributed by atoms with E-state index in [1.807, 2.05) is 0 Å². The zero-order chi connectivity index (χ0) is 14.3. The van der Waals surface area contributed by atoms with Crippen LogP contribution in [0.25, 0.3) is 0 Å². The number of hydrogen-bond donors (Lipinski definition) is 3. The van der Waals surface area contributed by atoms with E-state index in [9.17, 15) is 9.00 Å². The van der Waals surface area contributed by atoms with Gasteiger partial charge in [-0.2, -0.15) is 0 Å². The second kappa shape index (κ2) is 8.39. The molecule has 0 radical (unpaired) electrons. The molecule has 1 amide bonds. The quantitative estimate of drug-likeness (QED) is 0.461. The van der Waals surface area contributed by atoms with Crippen LogP contribution in [0.1, 0.15) is 40.0 Å². The molecule has 0 aromatic carbocycles. The molecule has 0 aliphatic carbocycles. The topological polar surface area (TPSA) is 92.4 Å². The zero-order valence-corrected chi connectivity index (χ0v) is 12.1. The van der Waals surface area contributed by atoms with Crippen LogP contribution in [-0.2, 0) is 15.9 Å². The van der Waals surface area contributed by atoms with Gasteiger partial charge in [-0.05, 0) is 19.3 Å². The number of amides is 1. The van der Waals surface area contributed by atoms with E-state index in [0.717, 1.165) is 12.8 Å². The third-order valence-electron chi connectivity index (χ3n) is 3.08. The molecule has 0 heterocycles. The fraction of sp³-hybridized carbons (Fsp3) is 0.750. The Morgan fingerprint density at radius 2 is 1.94 bits per heavy atom. The van der Waals surface area contributed by atoms with E-state index < -0.39 is 28.4 Å². The van der Waals surface area contributed by atoms with Crippen LogP contribution < -0.4 is 11.1 Å². The summed E-state index contributed by atoms with van der Waals surface area (Å²) < 4.78 is 19.5. The molecule has 0 bridgehead atoms. The van der Waals surface area contributed by atoms with Gasteiger partial charge < -0.3 is 15.6 Å². The van der Waals surface area contributed by atoms with Gasteiger partial charge in [0.05, 0.1) is 0 Å². The molecule has 3 atom stereocenters. The van der Waals surface area contributed by atoms with E-state index in [1.54, 1.807) is 0 Å². The number of nitrogens with one attached hydrogen (secondary N) is 1. The van der Waals surface area contributed by atoms with Crippen molar-refractivity contribution in [2.45, 2.75) is 51.4 Å². The van der Waals surface area contributed by atoms with Gasteiger partial charge in [0.1, 0.15) is 11.4 Å². The first-order valence-corrected chi connectivity index (χ1v) is 7.33. The molecular weight excluding hydrogens is 252 g/mol. The van der Waals surface area contributed by atoms with Gasteiger partial charge in [0, 0.05) is 0 Å². The number of rotatable bonds is 8. The highest BCUT2D eigenvalue weighted by molar-refractivity contribution is 7.79. The monoisotopic (exact) mass is 276 g/mol. The summed E-state index contributed by atoms with van der Waals surface area (Å²) in [6, 6.07) is -0.823. The van der Waals surface area contributed by atoms with Crippen LogP contribution in [0, 0.1) is 5.92 Å². The van der Waals surface area contributed by atoms with E-state index in [1.165, 1.54) is 6.92 Å². The summed E-state index contributed by atoms with van der Waals surface area (Å²) >= 11 is -2.09. The Morgan fingerprint density at radius 1 is 1.44 bits per heavy atom. The van der Waals surface area contributed by atoms with Gasteiger partial charge in [0.2, 0.25) is 5.91 Å². The Labute approximate surface area is 111 Å². The Balaban J connectivity index is 4.37. The third-order valence-corrected chi connectivity index (χ3v) is 3.80. The van der Waals surface area contributed by atoms with Crippen molar-refractivity contribution >= 4 is 17.0 Å². The summed E-state index contributed by atoms with van der Waals surface area (Å²) in [5.74, 6) is 0.0154. The molecule has 0 saturated heterocycles. The van der Waals surface area contributed by atoms with Gasteiger partial charge in [-0.15, -0.1) is 0 Å². The van der Waals surface area contributed by atoms with Crippen LogP contribution in [0.2, 0.25) is 0 Å². The molecule has 0 aliphatic heterocycles. The van der Waals surface area contributed by atoms with Crippen molar-refractivity contribution in [3.05, 3.63) is 12.2 Å². The molecule has 4 N–H and O–H groups in total. The summed E-state index contributed by atoms with van der Waals surface area (Å²) in [5, 5.41) is 1.57.